The minimum absolute atomic E-state index is 0.231. The van der Waals surface area contributed by atoms with Crippen LogP contribution in [0, 0.1) is 5.92 Å². The molecule has 0 aliphatic carbocycles. The van der Waals surface area contributed by atoms with Crippen molar-refractivity contribution >= 4 is 5.91 Å². The molecular formula is C10H18N2O. The second-order valence-corrected chi connectivity index (χ2v) is 4.24. The van der Waals surface area contributed by atoms with Gasteiger partial charge >= 0.3 is 0 Å². The molecule has 2 aliphatic heterocycles. The maximum atomic E-state index is 11.2. The molecule has 2 rings (SSSR count). The van der Waals surface area contributed by atoms with E-state index in [4.69, 9.17) is 0 Å². The van der Waals surface area contributed by atoms with Crippen LogP contribution in [0.3, 0.4) is 0 Å². The molecule has 2 fully saturated rings. The Balaban J connectivity index is 1.97. The third kappa shape index (κ3) is 1.85. The number of fused-ring (bicyclic) bond motifs is 1. The molecule has 2 saturated heterocycles. The van der Waals surface area contributed by atoms with Gasteiger partial charge in [-0.2, -0.15) is 0 Å². The molecule has 2 atom stereocenters. The van der Waals surface area contributed by atoms with E-state index in [9.17, 15) is 4.79 Å². The van der Waals surface area contributed by atoms with E-state index in [1.165, 1.54) is 19.3 Å². The van der Waals surface area contributed by atoms with Crippen LogP contribution >= 0.6 is 0 Å². The van der Waals surface area contributed by atoms with E-state index >= 15 is 0 Å². The predicted octanol–water partition coefficient (Wildman–Crippen LogP) is 0.607. The van der Waals surface area contributed by atoms with Gasteiger partial charge < -0.3 is 10.2 Å². The molecule has 74 valence electrons. The molecule has 0 unspecified atom stereocenters. The van der Waals surface area contributed by atoms with Gasteiger partial charge in [0.15, 0.2) is 0 Å². The molecule has 0 saturated carbocycles. The Morgan fingerprint density at radius 2 is 2.23 bits per heavy atom. The van der Waals surface area contributed by atoms with E-state index in [0.717, 1.165) is 19.6 Å². The highest BCUT2D eigenvalue weighted by molar-refractivity contribution is 5.73. The fourth-order valence-corrected chi connectivity index (χ4v) is 2.47. The Morgan fingerprint density at radius 3 is 3.00 bits per heavy atom. The van der Waals surface area contributed by atoms with E-state index in [-0.39, 0.29) is 5.91 Å². The van der Waals surface area contributed by atoms with Gasteiger partial charge in [0.05, 0.1) is 0 Å². The van der Waals surface area contributed by atoms with Crippen LogP contribution in [0.2, 0.25) is 0 Å². The summed E-state index contributed by atoms with van der Waals surface area (Å²) >= 11 is 0. The third-order valence-corrected chi connectivity index (χ3v) is 3.29. The van der Waals surface area contributed by atoms with Crippen molar-refractivity contribution in [1.29, 1.82) is 0 Å². The number of hydrogen-bond donors (Lipinski definition) is 1. The molecule has 0 aromatic carbocycles. The average Bonchev–Trinajstić information content (AvgIpc) is 2.38. The zero-order chi connectivity index (χ0) is 9.26. The number of rotatable bonds is 0. The number of likely N-dealkylation sites (tertiary alicyclic amines) is 1. The van der Waals surface area contributed by atoms with Crippen LogP contribution in [0.1, 0.15) is 26.2 Å². The van der Waals surface area contributed by atoms with Crippen molar-refractivity contribution in [2.75, 3.05) is 19.6 Å². The highest BCUT2D eigenvalue weighted by Crippen LogP contribution is 2.24. The van der Waals surface area contributed by atoms with Gasteiger partial charge in [0.1, 0.15) is 0 Å². The highest BCUT2D eigenvalue weighted by atomic mass is 16.2. The molecule has 0 bridgehead atoms. The first-order valence-corrected chi connectivity index (χ1v) is 5.26. The van der Waals surface area contributed by atoms with Crippen molar-refractivity contribution in [1.82, 2.24) is 10.2 Å². The van der Waals surface area contributed by atoms with Gasteiger partial charge in [0.25, 0.3) is 0 Å². The van der Waals surface area contributed by atoms with E-state index < -0.39 is 0 Å². The lowest BCUT2D eigenvalue weighted by Gasteiger charge is -2.14. The fourth-order valence-electron chi connectivity index (χ4n) is 2.47. The van der Waals surface area contributed by atoms with Gasteiger partial charge in [-0.25, -0.2) is 0 Å². The highest BCUT2D eigenvalue weighted by Gasteiger charge is 2.33. The third-order valence-electron chi connectivity index (χ3n) is 3.29. The molecule has 2 heterocycles. The summed E-state index contributed by atoms with van der Waals surface area (Å²) < 4.78 is 0. The molecule has 2 aliphatic rings. The Hall–Kier alpha value is -0.570. The van der Waals surface area contributed by atoms with E-state index in [0.29, 0.717) is 12.0 Å². The van der Waals surface area contributed by atoms with Crippen molar-refractivity contribution < 1.29 is 4.79 Å². The maximum Gasteiger partial charge on any atom is 0.219 e. The van der Waals surface area contributed by atoms with E-state index in [1.807, 2.05) is 4.90 Å². The standard InChI is InChI=1S/C10H18N2O/c1-8(13)12-6-9-4-2-3-5-11-10(9)7-12/h9-11H,2-7H2,1H3/t9-,10-/m1/s1. The van der Waals surface area contributed by atoms with E-state index in [1.54, 1.807) is 6.92 Å². The van der Waals surface area contributed by atoms with Crippen LogP contribution in [0.25, 0.3) is 0 Å². The number of carbonyl (C=O) groups is 1. The molecule has 0 radical (unpaired) electrons. The lowest BCUT2D eigenvalue weighted by atomic mass is 9.99. The van der Waals surface area contributed by atoms with Gasteiger partial charge in [0, 0.05) is 26.1 Å². The molecule has 3 nitrogen and oxygen atoms in total. The summed E-state index contributed by atoms with van der Waals surface area (Å²) in [5, 5.41) is 3.53. The average molecular weight is 182 g/mol. The van der Waals surface area contributed by atoms with Crippen molar-refractivity contribution in [3.05, 3.63) is 0 Å². The van der Waals surface area contributed by atoms with Gasteiger partial charge in [0.2, 0.25) is 5.91 Å². The SMILES string of the molecule is CC(=O)N1C[C@H]2CCCCN[C@@H]2C1. The summed E-state index contributed by atoms with van der Waals surface area (Å²) in [5.74, 6) is 0.946. The summed E-state index contributed by atoms with van der Waals surface area (Å²) in [4.78, 5) is 13.2. The number of amides is 1. The molecule has 0 aromatic rings. The van der Waals surface area contributed by atoms with Gasteiger partial charge in [-0.1, -0.05) is 6.42 Å². The quantitative estimate of drug-likeness (QED) is 0.595. The molecular weight excluding hydrogens is 164 g/mol. The Morgan fingerprint density at radius 1 is 1.38 bits per heavy atom. The summed E-state index contributed by atoms with van der Waals surface area (Å²) in [5.41, 5.74) is 0. The first kappa shape index (κ1) is 9.00. The number of hydrogen-bond acceptors (Lipinski definition) is 2. The molecule has 0 aromatic heterocycles. The monoisotopic (exact) mass is 182 g/mol. The molecule has 3 heteroatoms. The zero-order valence-corrected chi connectivity index (χ0v) is 8.25. The zero-order valence-electron chi connectivity index (χ0n) is 8.25. The Kier molecular flexibility index (Phi) is 2.54. The maximum absolute atomic E-state index is 11.2. The molecule has 1 N–H and O–H groups in total. The van der Waals surface area contributed by atoms with Crippen LogP contribution in [0.5, 0.6) is 0 Å². The van der Waals surface area contributed by atoms with Crippen molar-refractivity contribution in [2.24, 2.45) is 5.92 Å². The molecule has 1 amide bonds. The first-order chi connectivity index (χ1) is 6.27. The minimum atomic E-state index is 0.231. The van der Waals surface area contributed by atoms with Crippen LogP contribution in [0.15, 0.2) is 0 Å². The summed E-state index contributed by atoms with van der Waals surface area (Å²) in [7, 11) is 0. The van der Waals surface area contributed by atoms with Crippen molar-refractivity contribution in [3.8, 4) is 0 Å². The van der Waals surface area contributed by atoms with Crippen molar-refractivity contribution in [3.63, 3.8) is 0 Å². The lowest BCUT2D eigenvalue weighted by Crippen LogP contribution is -2.35. The Bertz CT molecular complexity index is 191. The van der Waals surface area contributed by atoms with Crippen molar-refractivity contribution in [2.45, 2.75) is 32.2 Å². The summed E-state index contributed by atoms with van der Waals surface area (Å²) in [6.45, 7) is 4.71. The van der Waals surface area contributed by atoms with Crippen LogP contribution in [-0.4, -0.2) is 36.5 Å². The van der Waals surface area contributed by atoms with Gasteiger partial charge in [-0.3, -0.25) is 4.79 Å². The number of nitrogens with one attached hydrogen (secondary N) is 1. The Labute approximate surface area is 79.5 Å². The van der Waals surface area contributed by atoms with Gasteiger partial charge in [-0.05, 0) is 25.3 Å². The lowest BCUT2D eigenvalue weighted by molar-refractivity contribution is -0.128. The summed E-state index contributed by atoms with van der Waals surface area (Å²) in [6, 6.07) is 0.575. The minimum Gasteiger partial charge on any atom is -0.341 e. The fraction of sp³-hybridized carbons (Fsp3) is 0.900. The van der Waals surface area contributed by atoms with Gasteiger partial charge in [-0.15, -0.1) is 0 Å². The second-order valence-electron chi connectivity index (χ2n) is 4.24. The smallest absolute Gasteiger partial charge is 0.219 e. The number of carbonyl (C=O) groups excluding carboxylic acids is 1. The first-order valence-electron chi connectivity index (χ1n) is 5.26. The second kappa shape index (κ2) is 3.66. The topological polar surface area (TPSA) is 32.3 Å². The number of nitrogens with zero attached hydrogens (tertiary/aromatic N) is 1. The van der Waals surface area contributed by atoms with Crippen LogP contribution in [-0.2, 0) is 4.79 Å². The predicted molar refractivity (Wildman–Crippen MR) is 51.4 cm³/mol. The molecule has 13 heavy (non-hydrogen) atoms. The summed E-state index contributed by atoms with van der Waals surface area (Å²) in [6.07, 6.45) is 3.91. The van der Waals surface area contributed by atoms with Crippen LogP contribution in [0.4, 0.5) is 0 Å². The molecule has 0 spiro atoms. The van der Waals surface area contributed by atoms with E-state index in [2.05, 4.69) is 5.32 Å². The normalized spacial score (nSPS) is 34.1. The van der Waals surface area contributed by atoms with Crippen LogP contribution < -0.4 is 5.32 Å². The largest absolute Gasteiger partial charge is 0.341 e.